The molecule has 3 heterocycles. The second-order valence-corrected chi connectivity index (χ2v) is 5.85. The lowest BCUT2D eigenvalue weighted by Gasteiger charge is -2.38. The summed E-state index contributed by atoms with van der Waals surface area (Å²) in [6.07, 6.45) is 0.430. The normalized spacial score (nSPS) is 24.8. The third kappa shape index (κ3) is 7.28. The fourth-order valence-electron chi connectivity index (χ4n) is 2.46. The van der Waals surface area contributed by atoms with E-state index in [2.05, 4.69) is 4.90 Å². The number of nitrogens with one attached hydrogen (secondary N) is 1. The van der Waals surface area contributed by atoms with Gasteiger partial charge in [0.25, 0.3) is 0 Å². The van der Waals surface area contributed by atoms with Crippen LogP contribution >= 0.6 is 0 Å². The average molecular weight is 270 g/mol. The minimum Gasteiger partial charge on any atom is -0.550 e. The summed E-state index contributed by atoms with van der Waals surface area (Å²) in [7, 11) is 0. The van der Waals surface area contributed by atoms with Crippen LogP contribution in [-0.2, 0) is 9.59 Å². The summed E-state index contributed by atoms with van der Waals surface area (Å²) in [5, 5.41) is 9.93. The first kappa shape index (κ1) is 16.1. The number of carbonyl (C=O) groups excluding carboxylic acids is 2. The monoisotopic (exact) mass is 270 g/mol. The molecule has 0 radical (unpaired) electrons. The molecule has 0 aliphatic carbocycles. The number of hydrogen-bond acceptors (Lipinski definition) is 4. The van der Waals surface area contributed by atoms with E-state index in [1.165, 1.54) is 39.3 Å². The summed E-state index contributed by atoms with van der Waals surface area (Å²) < 4.78 is 0. The molecule has 2 bridgehead atoms. The van der Waals surface area contributed by atoms with Crippen LogP contribution in [0, 0.1) is 5.92 Å². The Morgan fingerprint density at radius 2 is 1.63 bits per heavy atom. The van der Waals surface area contributed by atoms with Gasteiger partial charge in [-0.2, -0.15) is 0 Å². The Labute approximate surface area is 115 Å². The molecular weight excluding hydrogens is 244 g/mol. The number of carbonyl (C=O) groups is 2. The van der Waals surface area contributed by atoms with Crippen LogP contribution in [0.3, 0.4) is 0 Å². The highest BCUT2D eigenvalue weighted by Crippen LogP contribution is 2.03. The molecule has 1 N–H and O–H groups in total. The second kappa shape index (κ2) is 8.27. The quantitative estimate of drug-likeness (QED) is 0.649. The highest BCUT2D eigenvalue weighted by atomic mass is 16.4. The fourth-order valence-corrected chi connectivity index (χ4v) is 2.46. The Hall–Kier alpha value is -0.940. The number of fused-ring (bicyclic) bond motifs is 3. The van der Waals surface area contributed by atoms with Crippen molar-refractivity contribution < 1.29 is 19.6 Å². The standard InChI is InChI=1S/C8H14O3.C6H12N2/c1-6(2)5-7(9)3-4-8(10)11;1-2-8-5-3-7(1)4-6-8/h6H,3-5H2,1-2H3,(H,10,11);1-6H2. The number of hydrogen-bond donors (Lipinski definition) is 1. The molecule has 0 spiro atoms. The average Bonchev–Trinajstić information content (AvgIpc) is 2.39. The molecule has 19 heavy (non-hydrogen) atoms. The second-order valence-electron chi connectivity index (χ2n) is 5.85. The predicted molar refractivity (Wildman–Crippen MR) is 70.7 cm³/mol. The molecule has 110 valence electrons. The van der Waals surface area contributed by atoms with Crippen molar-refractivity contribution in [1.29, 1.82) is 0 Å². The van der Waals surface area contributed by atoms with Crippen LogP contribution in [0.4, 0.5) is 0 Å². The molecule has 3 saturated heterocycles. The van der Waals surface area contributed by atoms with Crippen molar-refractivity contribution in [2.45, 2.75) is 33.1 Å². The minimum atomic E-state index is -1.15. The van der Waals surface area contributed by atoms with E-state index in [9.17, 15) is 14.7 Å². The SMILES string of the molecule is C1C[NH+]2CCN1CC2.CC(C)CC(=O)CCC(=O)[O-]. The maximum atomic E-state index is 10.9. The van der Waals surface area contributed by atoms with Crippen LogP contribution in [0.1, 0.15) is 33.1 Å². The van der Waals surface area contributed by atoms with Crippen molar-refractivity contribution in [2.75, 3.05) is 39.3 Å². The van der Waals surface area contributed by atoms with Crippen molar-refractivity contribution in [3.05, 3.63) is 0 Å². The van der Waals surface area contributed by atoms with Gasteiger partial charge in [-0.3, -0.25) is 9.69 Å². The van der Waals surface area contributed by atoms with E-state index in [4.69, 9.17) is 0 Å². The smallest absolute Gasteiger partial charge is 0.133 e. The molecule has 0 aromatic carbocycles. The summed E-state index contributed by atoms with van der Waals surface area (Å²) in [4.78, 5) is 25.2. The summed E-state index contributed by atoms with van der Waals surface area (Å²) >= 11 is 0. The Bertz CT molecular complexity index is 274. The Kier molecular flexibility index (Phi) is 7.02. The lowest BCUT2D eigenvalue weighted by molar-refractivity contribution is -0.914. The van der Waals surface area contributed by atoms with Gasteiger partial charge < -0.3 is 14.8 Å². The maximum absolute atomic E-state index is 10.9. The van der Waals surface area contributed by atoms with Crippen molar-refractivity contribution in [1.82, 2.24) is 4.90 Å². The van der Waals surface area contributed by atoms with Gasteiger partial charge in [0.2, 0.25) is 0 Å². The summed E-state index contributed by atoms with van der Waals surface area (Å²) in [5.74, 6) is -0.837. The highest BCUT2D eigenvalue weighted by molar-refractivity contribution is 5.81. The zero-order valence-corrected chi connectivity index (χ0v) is 12.1. The lowest BCUT2D eigenvalue weighted by Crippen LogP contribution is -3.17. The molecule has 3 aliphatic heterocycles. The van der Waals surface area contributed by atoms with Gasteiger partial charge in [0.05, 0.1) is 19.6 Å². The largest absolute Gasteiger partial charge is 0.550 e. The number of ketones is 1. The van der Waals surface area contributed by atoms with Crippen molar-refractivity contribution in [2.24, 2.45) is 5.92 Å². The summed E-state index contributed by atoms with van der Waals surface area (Å²) in [6.45, 7) is 12.1. The van der Waals surface area contributed by atoms with Crippen LogP contribution in [0.5, 0.6) is 0 Å². The topological polar surface area (TPSA) is 64.9 Å². The molecular formula is C14H26N2O3. The van der Waals surface area contributed by atoms with Gasteiger partial charge in [-0.15, -0.1) is 0 Å². The van der Waals surface area contributed by atoms with E-state index in [-0.39, 0.29) is 18.6 Å². The van der Waals surface area contributed by atoms with Crippen molar-refractivity contribution >= 4 is 11.8 Å². The van der Waals surface area contributed by atoms with E-state index in [0.717, 1.165) is 0 Å². The Morgan fingerprint density at radius 3 is 1.89 bits per heavy atom. The number of aliphatic carboxylic acids is 1. The van der Waals surface area contributed by atoms with Crippen LogP contribution < -0.4 is 10.0 Å². The zero-order valence-electron chi connectivity index (χ0n) is 12.1. The molecule has 0 atom stereocenters. The van der Waals surface area contributed by atoms with E-state index >= 15 is 0 Å². The Balaban J connectivity index is 0.000000196. The molecule has 3 fully saturated rings. The van der Waals surface area contributed by atoms with Crippen molar-refractivity contribution in [3.8, 4) is 0 Å². The number of carboxylic acid groups (broad SMARTS) is 1. The predicted octanol–water partition coefficient (Wildman–Crippen LogP) is -1.67. The van der Waals surface area contributed by atoms with E-state index in [1.54, 1.807) is 0 Å². The number of quaternary nitrogens is 1. The number of carboxylic acids is 1. The highest BCUT2D eigenvalue weighted by Gasteiger charge is 2.25. The summed E-state index contributed by atoms with van der Waals surface area (Å²) in [6, 6.07) is 0. The molecule has 5 nitrogen and oxygen atoms in total. The molecule has 0 unspecified atom stereocenters. The Morgan fingerprint density at radius 1 is 1.11 bits per heavy atom. The third-order valence-electron chi connectivity index (χ3n) is 3.59. The number of Topliss-reactive ketones (excluding diaryl/α,β-unsaturated/α-hetero) is 1. The third-order valence-corrected chi connectivity index (χ3v) is 3.59. The van der Waals surface area contributed by atoms with Gasteiger partial charge in [-0.25, -0.2) is 0 Å². The van der Waals surface area contributed by atoms with Crippen LogP contribution in [0.15, 0.2) is 0 Å². The van der Waals surface area contributed by atoms with Gasteiger partial charge in [-0.1, -0.05) is 13.8 Å². The van der Waals surface area contributed by atoms with Gasteiger partial charge in [0.1, 0.15) is 5.78 Å². The van der Waals surface area contributed by atoms with E-state index in [0.29, 0.717) is 12.3 Å². The minimum absolute atomic E-state index is 0.00389. The van der Waals surface area contributed by atoms with E-state index in [1.807, 2.05) is 18.7 Å². The van der Waals surface area contributed by atoms with Gasteiger partial charge in [-0.05, 0) is 12.3 Å². The molecule has 0 aromatic heterocycles. The van der Waals surface area contributed by atoms with Crippen LogP contribution in [0.25, 0.3) is 0 Å². The number of rotatable bonds is 5. The molecule has 3 rings (SSSR count). The van der Waals surface area contributed by atoms with Gasteiger partial charge in [0.15, 0.2) is 0 Å². The molecule has 5 heteroatoms. The molecule has 0 amide bonds. The van der Waals surface area contributed by atoms with E-state index < -0.39 is 5.97 Å². The number of piperazine rings is 3. The van der Waals surface area contributed by atoms with Crippen LogP contribution in [0.2, 0.25) is 0 Å². The van der Waals surface area contributed by atoms with Crippen molar-refractivity contribution in [3.63, 3.8) is 0 Å². The molecule has 3 aliphatic rings. The van der Waals surface area contributed by atoms with Gasteiger partial charge in [0, 0.05) is 38.4 Å². The lowest BCUT2D eigenvalue weighted by atomic mass is 10.0. The molecule has 0 aromatic rings. The maximum Gasteiger partial charge on any atom is 0.133 e. The van der Waals surface area contributed by atoms with Gasteiger partial charge >= 0.3 is 0 Å². The molecule has 0 saturated carbocycles. The number of nitrogens with zero attached hydrogens (tertiary/aromatic N) is 1. The first-order chi connectivity index (χ1) is 8.97. The fraction of sp³-hybridized carbons (Fsp3) is 0.857. The summed E-state index contributed by atoms with van der Waals surface area (Å²) in [5.41, 5.74) is 0. The van der Waals surface area contributed by atoms with Crippen LogP contribution in [-0.4, -0.2) is 55.9 Å². The first-order valence-corrected chi connectivity index (χ1v) is 7.25. The zero-order chi connectivity index (χ0) is 14.3. The first-order valence-electron chi connectivity index (χ1n) is 7.25.